The zero-order chi connectivity index (χ0) is 12.0. The van der Waals surface area contributed by atoms with E-state index in [1.165, 1.54) is 32.1 Å². The normalized spacial score (nSPS) is 27.6. The Morgan fingerprint density at radius 3 is 2.38 bits per heavy atom. The van der Waals surface area contributed by atoms with Crippen molar-refractivity contribution in [3.63, 3.8) is 0 Å². The molecule has 5 N–H and O–H groups in total. The summed E-state index contributed by atoms with van der Waals surface area (Å²) in [5.41, 5.74) is 10.6. The van der Waals surface area contributed by atoms with Gasteiger partial charge in [0.1, 0.15) is 0 Å². The molecule has 94 valence electrons. The molecule has 0 saturated heterocycles. The van der Waals surface area contributed by atoms with E-state index in [-0.39, 0.29) is 0 Å². The van der Waals surface area contributed by atoms with Crippen LogP contribution in [0.15, 0.2) is 0 Å². The predicted molar refractivity (Wildman–Crippen MR) is 65.8 cm³/mol. The third kappa shape index (κ3) is 4.49. The van der Waals surface area contributed by atoms with Crippen LogP contribution >= 0.6 is 0 Å². The van der Waals surface area contributed by atoms with E-state index in [1.54, 1.807) is 0 Å². The monoisotopic (exact) mass is 227 g/mol. The van der Waals surface area contributed by atoms with Crippen molar-refractivity contribution in [2.45, 2.75) is 45.1 Å². The summed E-state index contributed by atoms with van der Waals surface area (Å²) < 4.78 is 0. The molecule has 1 aliphatic carbocycles. The number of rotatable bonds is 6. The molecule has 1 aliphatic rings. The molecule has 1 rings (SSSR count). The van der Waals surface area contributed by atoms with Gasteiger partial charge in [-0.05, 0) is 31.2 Å². The summed E-state index contributed by atoms with van der Waals surface area (Å²) in [4.78, 5) is 10.7. The molecule has 0 bridgehead atoms. The van der Waals surface area contributed by atoms with E-state index in [4.69, 9.17) is 11.5 Å². The van der Waals surface area contributed by atoms with Gasteiger partial charge in [-0.1, -0.05) is 26.2 Å². The number of nitrogens with one attached hydrogen (secondary N) is 1. The molecule has 4 nitrogen and oxygen atoms in total. The molecule has 0 aromatic carbocycles. The number of hydrogen-bond donors (Lipinski definition) is 3. The Balaban J connectivity index is 2.08. The first-order chi connectivity index (χ1) is 7.63. The van der Waals surface area contributed by atoms with Gasteiger partial charge in [-0.3, -0.25) is 4.79 Å². The smallest absolute Gasteiger partial charge is 0.235 e. The lowest BCUT2D eigenvalue weighted by Crippen LogP contribution is -2.45. The number of nitrogens with two attached hydrogens (primary N) is 2. The Morgan fingerprint density at radius 2 is 1.88 bits per heavy atom. The van der Waals surface area contributed by atoms with Crippen LogP contribution in [-0.4, -0.2) is 25.0 Å². The topological polar surface area (TPSA) is 81.1 Å². The summed E-state index contributed by atoms with van der Waals surface area (Å²) in [6.45, 7) is 3.75. The minimum absolute atomic E-state index is 0.429. The van der Waals surface area contributed by atoms with E-state index in [0.717, 1.165) is 18.4 Å². The summed E-state index contributed by atoms with van der Waals surface area (Å²) in [5.74, 6) is 1.26. The molecule has 0 heterocycles. The molecule has 1 fully saturated rings. The number of hydrogen-bond acceptors (Lipinski definition) is 3. The number of carbonyl (C=O) groups is 1. The van der Waals surface area contributed by atoms with Crippen LogP contribution in [-0.2, 0) is 4.79 Å². The highest BCUT2D eigenvalue weighted by molar-refractivity contribution is 5.79. The Morgan fingerprint density at radius 1 is 1.31 bits per heavy atom. The van der Waals surface area contributed by atoms with Gasteiger partial charge in [-0.2, -0.15) is 0 Å². The maximum absolute atomic E-state index is 10.7. The highest BCUT2D eigenvalue weighted by Gasteiger charge is 2.19. The molecule has 0 radical (unpaired) electrons. The zero-order valence-corrected chi connectivity index (χ0v) is 10.2. The van der Waals surface area contributed by atoms with Gasteiger partial charge >= 0.3 is 0 Å². The molecular formula is C12H25N3O. The Bertz CT molecular complexity index is 212. The van der Waals surface area contributed by atoms with Gasteiger partial charge in [0.25, 0.3) is 0 Å². The van der Waals surface area contributed by atoms with Crippen molar-refractivity contribution in [2.24, 2.45) is 23.3 Å². The lowest BCUT2D eigenvalue weighted by molar-refractivity contribution is -0.119. The highest BCUT2D eigenvalue weighted by Crippen LogP contribution is 2.29. The zero-order valence-electron chi connectivity index (χ0n) is 10.2. The first kappa shape index (κ1) is 13.5. The highest BCUT2D eigenvalue weighted by atomic mass is 16.1. The van der Waals surface area contributed by atoms with Crippen LogP contribution < -0.4 is 16.8 Å². The summed E-state index contributed by atoms with van der Waals surface area (Å²) in [6.07, 6.45) is 6.62. The van der Waals surface area contributed by atoms with Crippen LogP contribution in [0.3, 0.4) is 0 Å². The Kier molecular flexibility index (Phi) is 5.77. The lowest BCUT2D eigenvalue weighted by Gasteiger charge is -2.28. The fourth-order valence-electron chi connectivity index (χ4n) is 2.39. The standard InChI is InChI=1S/C12H25N3O/c1-2-9-3-5-10(6-4-9)7-15-8-11(13)12(14)16/h9-11,15H,2-8,13H2,1H3,(H2,14,16). The van der Waals surface area contributed by atoms with E-state index in [2.05, 4.69) is 12.2 Å². The number of amides is 1. The molecule has 1 amide bonds. The Labute approximate surface area is 98.1 Å². The minimum atomic E-state index is -0.549. The number of primary amides is 1. The van der Waals surface area contributed by atoms with Crippen molar-refractivity contribution >= 4 is 5.91 Å². The van der Waals surface area contributed by atoms with Crippen molar-refractivity contribution in [2.75, 3.05) is 13.1 Å². The van der Waals surface area contributed by atoms with E-state index in [1.807, 2.05) is 0 Å². The first-order valence-electron chi connectivity index (χ1n) is 6.39. The van der Waals surface area contributed by atoms with E-state index in [9.17, 15) is 4.79 Å². The van der Waals surface area contributed by atoms with Crippen LogP contribution in [0, 0.1) is 11.8 Å². The SMILES string of the molecule is CCC1CCC(CNCC(N)C(N)=O)CC1. The summed E-state index contributed by atoms with van der Waals surface area (Å²) in [5, 5.41) is 3.24. The van der Waals surface area contributed by atoms with E-state index in [0.29, 0.717) is 6.54 Å². The predicted octanol–water partition coefficient (Wildman–Crippen LogP) is 0.605. The lowest BCUT2D eigenvalue weighted by atomic mass is 9.81. The van der Waals surface area contributed by atoms with Gasteiger partial charge < -0.3 is 16.8 Å². The van der Waals surface area contributed by atoms with Gasteiger partial charge in [0.2, 0.25) is 5.91 Å². The average Bonchev–Trinajstić information content (AvgIpc) is 2.29. The molecule has 4 heteroatoms. The maximum atomic E-state index is 10.7. The second-order valence-electron chi connectivity index (χ2n) is 4.96. The molecule has 1 saturated carbocycles. The fourth-order valence-corrected chi connectivity index (χ4v) is 2.39. The average molecular weight is 227 g/mol. The van der Waals surface area contributed by atoms with Gasteiger partial charge in [0.05, 0.1) is 6.04 Å². The van der Waals surface area contributed by atoms with Gasteiger partial charge in [-0.15, -0.1) is 0 Å². The summed E-state index contributed by atoms with van der Waals surface area (Å²) in [6, 6.07) is -0.549. The molecule has 0 aliphatic heterocycles. The molecule has 0 aromatic rings. The van der Waals surface area contributed by atoms with Crippen LogP contribution in [0.1, 0.15) is 39.0 Å². The van der Waals surface area contributed by atoms with Gasteiger partial charge in [0, 0.05) is 6.54 Å². The van der Waals surface area contributed by atoms with Crippen LogP contribution in [0.2, 0.25) is 0 Å². The fraction of sp³-hybridized carbons (Fsp3) is 0.917. The van der Waals surface area contributed by atoms with E-state index >= 15 is 0 Å². The van der Waals surface area contributed by atoms with Gasteiger partial charge in [0.15, 0.2) is 0 Å². The summed E-state index contributed by atoms with van der Waals surface area (Å²) >= 11 is 0. The third-order valence-corrected chi connectivity index (χ3v) is 3.71. The van der Waals surface area contributed by atoms with Crippen molar-refractivity contribution in [3.8, 4) is 0 Å². The molecule has 1 atom stereocenters. The minimum Gasteiger partial charge on any atom is -0.368 e. The first-order valence-corrected chi connectivity index (χ1v) is 6.39. The van der Waals surface area contributed by atoms with Crippen LogP contribution in [0.4, 0.5) is 0 Å². The second kappa shape index (κ2) is 6.86. The number of carbonyl (C=O) groups excluding carboxylic acids is 1. The van der Waals surface area contributed by atoms with Crippen molar-refractivity contribution < 1.29 is 4.79 Å². The van der Waals surface area contributed by atoms with Crippen molar-refractivity contribution in [1.82, 2.24) is 5.32 Å². The molecule has 1 unspecified atom stereocenters. The largest absolute Gasteiger partial charge is 0.368 e. The van der Waals surface area contributed by atoms with E-state index < -0.39 is 11.9 Å². The van der Waals surface area contributed by atoms with Crippen LogP contribution in [0.5, 0.6) is 0 Å². The second-order valence-corrected chi connectivity index (χ2v) is 4.96. The van der Waals surface area contributed by atoms with Crippen LogP contribution in [0.25, 0.3) is 0 Å². The maximum Gasteiger partial charge on any atom is 0.235 e. The molecule has 16 heavy (non-hydrogen) atoms. The summed E-state index contributed by atoms with van der Waals surface area (Å²) in [7, 11) is 0. The third-order valence-electron chi connectivity index (χ3n) is 3.71. The van der Waals surface area contributed by atoms with Gasteiger partial charge in [-0.25, -0.2) is 0 Å². The van der Waals surface area contributed by atoms with Crippen molar-refractivity contribution in [1.29, 1.82) is 0 Å². The molecule has 0 aromatic heterocycles. The van der Waals surface area contributed by atoms with Crippen molar-refractivity contribution in [3.05, 3.63) is 0 Å². The quantitative estimate of drug-likeness (QED) is 0.621. The Hall–Kier alpha value is -0.610. The molecular weight excluding hydrogens is 202 g/mol. The molecule has 0 spiro atoms.